The molecule has 0 aliphatic carbocycles. The van der Waals surface area contributed by atoms with Gasteiger partial charge in [0.05, 0.1) is 39.9 Å². The van der Waals surface area contributed by atoms with Crippen molar-refractivity contribution in [3.05, 3.63) is 12.2 Å². The number of phosphoric ester groups is 1. The summed E-state index contributed by atoms with van der Waals surface area (Å²) in [5.41, 5.74) is 0. The predicted octanol–water partition coefficient (Wildman–Crippen LogP) is 13.7. The van der Waals surface area contributed by atoms with E-state index in [1.54, 1.807) is 0 Å². The molecular weight excluding hydrogens is 744 g/mol. The summed E-state index contributed by atoms with van der Waals surface area (Å²) in [7, 11) is 1.31. The molecule has 0 heterocycles. The maximum Gasteiger partial charge on any atom is 0.268 e. The fourth-order valence-electron chi connectivity index (χ4n) is 7.51. The van der Waals surface area contributed by atoms with Gasteiger partial charge in [0.15, 0.2) is 0 Å². The number of nitrogens with zero attached hydrogens (tertiary/aromatic N) is 1. The van der Waals surface area contributed by atoms with Gasteiger partial charge in [-0.25, -0.2) is 0 Å². The Kier molecular flexibility index (Phi) is 41.0. The number of aliphatic hydroxyl groups excluding tert-OH is 1. The largest absolute Gasteiger partial charge is 0.756 e. The summed E-state index contributed by atoms with van der Waals surface area (Å²) in [5, 5.41) is 14.0. The zero-order chi connectivity index (χ0) is 42.8. The highest BCUT2D eigenvalue weighted by Crippen LogP contribution is 2.38. The molecule has 0 aromatic carbocycles. The Morgan fingerprint density at radius 3 is 1.34 bits per heavy atom. The lowest BCUT2D eigenvalue weighted by Gasteiger charge is -2.30. The fraction of sp³-hybridized carbons (Fsp3) is 0.939. The van der Waals surface area contributed by atoms with Crippen molar-refractivity contribution >= 4 is 13.7 Å². The Morgan fingerprint density at radius 1 is 0.586 bits per heavy atom. The van der Waals surface area contributed by atoms with E-state index in [2.05, 4.69) is 31.3 Å². The minimum absolute atomic E-state index is 0.0140. The maximum absolute atomic E-state index is 12.9. The monoisotopic (exact) mass is 843 g/mol. The van der Waals surface area contributed by atoms with E-state index >= 15 is 0 Å². The number of amides is 1. The zero-order valence-corrected chi connectivity index (χ0v) is 40.2. The molecule has 0 aliphatic heterocycles. The van der Waals surface area contributed by atoms with Crippen LogP contribution < -0.4 is 10.2 Å². The van der Waals surface area contributed by atoms with Crippen LogP contribution in [0.15, 0.2) is 12.2 Å². The minimum atomic E-state index is -4.56. The highest BCUT2D eigenvalue weighted by atomic mass is 31.2. The average molecular weight is 843 g/mol. The van der Waals surface area contributed by atoms with Crippen molar-refractivity contribution in [2.45, 2.75) is 257 Å². The molecule has 0 saturated carbocycles. The predicted molar refractivity (Wildman–Crippen MR) is 247 cm³/mol. The molecule has 0 saturated heterocycles. The van der Waals surface area contributed by atoms with E-state index in [-0.39, 0.29) is 19.1 Å². The van der Waals surface area contributed by atoms with Gasteiger partial charge in [0, 0.05) is 6.42 Å². The molecule has 9 heteroatoms. The lowest BCUT2D eigenvalue weighted by Crippen LogP contribution is -2.46. The van der Waals surface area contributed by atoms with Crippen molar-refractivity contribution in [2.75, 3.05) is 40.9 Å². The summed E-state index contributed by atoms with van der Waals surface area (Å²) in [6.07, 6.45) is 47.8. The molecule has 0 aromatic rings. The number of nitrogens with one attached hydrogen (secondary N) is 1. The highest BCUT2D eigenvalue weighted by molar-refractivity contribution is 7.45. The van der Waals surface area contributed by atoms with Crippen LogP contribution in [0.3, 0.4) is 0 Å². The number of unbranched alkanes of at least 4 members (excludes halogenated alkanes) is 31. The molecule has 3 atom stereocenters. The Hall–Kier alpha value is -0.760. The first-order valence-electron chi connectivity index (χ1n) is 25.0. The van der Waals surface area contributed by atoms with Crippen molar-refractivity contribution in [1.29, 1.82) is 0 Å². The molecule has 8 nitrogen and oxygen atoms in total. The topological polar surface area (TPSA) is 108 Å². The second-order valence-corrected chi connectivity index (χ2v) is 19.9. The van der Waals surface area contributed by atoms with Gasteiger partial charge < -0.3 is 28.8 Å². The van der Waals surface area contributed by atoms with E-state index in [4.69, 9.17) is 9.05 Å². The smallest absolute Gasteiger partial charge is 0.268 e. The Balaban J connectivity index is 4.27. The van der Waals surface area contributed by atoms with E-state index < -0.39 is 20.0 Å². The molecule has 0 rings (SSSR count). The lowest BCUT2D eigenvalue weighted by atomic mass is 10.0. The molecule has 346 valence electrons. The number of quaternary nitrogens is 1. The van der Waals surface area contributed by atoms with Crippen molar-refractivity contribution < 1.29 is 32.9 Å². The SMILES string of the molecule is CCCCCCCC/C=C\CCCCCCCCCCCC(=O)NC(COP(=O)([O-])OCC[N+](C)(C)C)C(O)CCCCCCCCCCCCCCCCCCC. The summed E-state index contributed by atoms with van der Waals surface area (Å²) in [6, 6.07) is -0.798. The summed E-state index contributed by atoms with van der Waals surface area (Å²) in [6.45, 7) is 4.74. The van der Waals surface area contributed by atoms with Crippen LogP contribution >= 0.6 is 7.82 Å². The molecule has 0 bridgehead atoms. The standard InChI is InChI=1S/C49H99N2O6P/c1-6-8-10-12-14-16-18-20-22-24-25-27-29-31-33-35-37-39-41-43-49(53)50-47(46-57-58(54,55)56-45-44-51(3,4)5)48(52)42-40-38-36-34-32-30-28-26-23-21-19-17-15-13-11-9-7-2/h20,22,47-48,52H,6-19,21,23-46H2,1-5H3,(H-,50,53,54,55)/b22-20-. The number of hydrogen-bond donors (Lipinski definition) is 2. The molecule has 0 spiro atoms. The number of allylic oxidation sites excluding steroid dienone is 2. The van der Waals surface area contributed by atoms with Crippen molar-refractivity contribution in [3.8, 4) is 0 Å². The summed E-state index contributed by atoms with van der Waals surface area (Å²) >= 11 is 0. The van der Waals surface area contributed by atoms with Gasteiger partial charge in [-0.2, -0.15) is 0 Å². The highest BCUT2D eigenvalue weighted by Gasteiger charge is 2.24. The molecule has 0 radical (unpaired) electrons. The Morgan fingerprint density at radius 2 is 0.948 bits per heavy atom. The first kappa shape index (κ1) is 57.2. The van der Waals surface area contributed by atoms with E-state index in [0.717, 1.165) is 38.5 Å². The van der Waals surface area contributed by atoms with Crippen molar-refractivity contribution in [3.63, 3.8) is 0 Å². The minimum Gasteiger partial charge on any atom is -0.756 e. The van der Waals surface area contributed by atoms with Gasteiger partial charge in [-0.3, -0.25) is 9.36 Å². The van der Waals surface area contributed by atoms with Gasteiger partial charge in [-0.1, -0.05) is 212 Å². The number of carbonyl (C=O) groups excluding carboxylic acids is 1. The van der Waals surface area contributed by atoms with Gasteiger partial charge in [-0.15, -0.1) is 0 Å². The van der Waals surface area contributed by atoms with Crippen LogP contribution in [0.4, 0.5) is 0 Å². The van der Waals surface area contributed by atoms with Gasteiger partial charge in [0.2, 0.25) is 5.91 Å². The van der Waals surface area contributed by atoms with Crippen LogP contribution in [-0.2, 0) is 18.4 Å². The van der Waals surface area contributed by atoms with Crippen LogP contribution in [0.5, 0.6) is 0 Å². The first-order valence-corrected chi connectivity index (χ1v) is 26.5. The maximum atomic E-state index is 12.9. The van der Waals surface area contributed by atoms with Crippen LogP contribution in [0.2, 0.25) is 0 Å². The van der Waals surface area contributed by atoms with Gasteiger partial charge in [-0.05, 0) is 38.5 Å². The van der Waals surface area contributed by atoms with Crippen LogP contribution in [0, 0.1) is 0 Å². The third-order valence-electron chi connectivity index (χ3n) is 11.5. The Bertz CT molecular complexity index is 958. The number of rotatable bonds is 46. The molecule has 0 aliphatic rings. The van der Waals surface area contributed by atoms with Crippen molar-refractivity contribution in [1.82, 2.24) is 5.32 Å². The molecule has 0 aromatic heterocycles. The quantitative estimate of drug-likeness (QED) is 0.0273. The number of likely N-dealkylation sites (N-methyl/N-ethyl adjacent to an activating group) is 1. The number of aliphatic hydroxyl groups is 1. The number of phosphoric acid groups is 1. The lowest BCUT2D eigenvalue weighted by molar-refractivity contribution is -0.870. The summed E-state index contributed by atoms with van der Waals surface area (Å²) in [5.74, 6) is -0.164. The zero-order valence-electron chi connectivity index (χ0n) is 39.3. The fourth-order valence-corrected chi connectivity index (χ4v) is 8.23. The number of hydrogen-bond acceptors (Lipinski definition) is 6. The Labute approximate surface area is 361 Å². The molecule has 1 amide bonds. The first-order chi connectivity index (χ1) is 28.0. The van der Waals surface area contributed by atoms with E-state index in [9.17, 15) is 19.4 Å². The second kappa shape index (κ2) is 41.6. The molecule has 0 fully saturated rings. The van der Waals surface area contributed by atoms with Crippen LogP contribution in [0.1, 0.15) is 245 Å². The third kappa shape index (κ3) is 43.3. The number of carbonyl (C=O) groups is 1. The molecule has 58 heavy (non-hydrogen) atoms. The average Bonchev–Trinajstić information content (AvgIpc) is 3.17. The summed E-state index contributed by atoms with van der Waals surface area (Å²) in [4.78, 5) is 25.4. The van der Waals surface area contributed by atoms with E-state index in [0.29, 0.717) is 23.9 Å². The van der Waals surface area contributed by atoms with Gasteiger partial charge in [0.1, 0.15) is 13.2 Å². The third-order valence-corrected chi connectivity index (χ3v) is 12.5. The summed E-state index contributed by atoms with van der Waals surface area (Å²) < 4.78 is 23.3. The van der Waals surface area contributed by atoms with Gasteiger partial charge >= 0.3 is 0 Å². The van der Waals surface area contributed by atoms with Crippen LogP contribution in [-0.4, -0.2) is 68.5 Å². The molecule has 3 unspecified atom stereocenters. The van der Waals surface area contributed by atoms with Crippen LogP contribution in [0.25, 0.3) is 0 Å². The van der Waals surface area contributed by atoms with E-state index in [1.807, 2.05) is 21.1 Å². The van der Waals surface area contributed by atoms with Crippen molar-refractivity contribution in [2.24, 2.45) is 0 Å². The molecule has 2 N–H and O–H groups in total. The molecular formula is C49H99N2O6P. The normalized spacial score (nSPS) is 14.3. The van der Waals surface area contributed by atoms with E-state index in [1.165, 1.54) is 180 Å². The second-order valence-electron chi connectivity index (χ2n) is 18.5. The van der Waals surface area contributed by atoms with Gasteiger partial charge in [0.25, 0.3) is 7.82 Å².